The maximum Gasteiger partial charge on any atom is 0.115 e. The molecule has 0 bridgehead atoms. The Morgan fingerprint density at radius 2 is 1.57 bits per heavy atom. The molecule has 0 radical (unpaired) electrons. The molecule has 0 amide bonds. The summed E-state index contributed by atoms with van der Waals surface area (Å²) < 4.78 is 0. The summed E-state index contributed by atoms with van der Waals surface area (Å²) in [5.74, 6) is 0.874. The van der Waals surface area contributed by atoms with Crippen molar-refractivity contribution >= 4 is 0 Å². The minimum Gasteiger partial charge on any atom is -0.508 e. The highest BCUT2D eigenvalue weighted by molar-refractivity contribution is 5.27. The van der Waals surface area contributed by atoms with Crippen LogP contribution in [0.25, 0.3) is 0 Å². The number of rotatable bonds is 7. The lowest BCUT2D eigenvalue weighted by atomic mass is 9.92. The molecule has 2 aromatic rings. The number of benzene rings is 2. The largest absolute Gasteiger partial charge is 0.508 e. The molecule has 0 aromatic heterocycles. The normalized spacial score (nSPS) is 12.5. The second-order valence-electron chi connectivity index (χ2n) is 5.99. The molecule has 2 nitrogen and oxygen atoms in total. The van der Waals surface area contributed by atoms with Gasteiger partial charge in [0.05, 0.1) is 0 Å². The molecule has 2 N–H and O–H groups in total. The summed E-state index contributed by atoms with van der Waals surface area (Å²) in [6.45, 7) is 5.34. The summed E-state index contributed by atoms with van der Waals surface area (Å²) in [5.41, 5.74) is 2.56. The lowest BCUT2D eigenvalue weighted by molar-refractivity contribution is 0.441. The Bertz CT molecular complexity index is 536. The molecule has 2 aromatic carbocycles. The van der Waals surface area contributed by atoms with E-state index in [1.807, 2.05) is 12.1 Å². The third-order valence-corrected chi connectivity index (χ3v) is 3.62. The Hall–Kier alpha value is -1.80. The van der Waals surface area contributed by atoms with E-state index < -0.39 is 0 Å². The molecule has 2 rings (SSSR count). The predicted molar refractivity (Wildman–Crippen MR) is 88.6 cm³/mol. The van der Waals surface area contributed by atoms with Crippen LogP contribution in [0.5, 0.6) is 5.75 Å². The molecule has 0 spiro atoms. The van der Waals surface area contributed by atoms with Gasteiger partial charge in [0, 0.05) is 6.04 Å². The van der Waals surface area contributed by atoms with Gasteiger partial charge in [-0.3, -0.25) is 0 Å². The Morgan fingerprint density at radius 1 is 0.905 bits per heavy atom. The maximum absolute atomic E-state index is 9.62. The highest BCUT2D eigenvalue weighted by Crippen LogP contribution is 2.18. The van der Waals surface area contributed by atoms with E-state index in [0.29, 0.717) is 17.7 Å². The summed E-state index contributed by atoms with van der Waals surface area (Å²) in [5, 5.41) is 13.2. The van der Waals surface area contributed by atoms with Gasteiger partial charge in [0.2, 0.25) is 0 Å². The van der Waals surface area contributed by atoms with Crippen molar-refractivity contribution in [3.8, 4) is 5.75 Å². The molecule has 1 atom stereocenters. The average molecular weight is 283 g/mol. The van der Waals surface area contributed by atoms with Crippen LogP contribution >= 0.6 is 0 Å². The zero-order valence-corrected chi connectivity index (χ0v) is 12.9. The molecule has 0 heterocycles. The minimum absolute atomic E-state index is 0.350. The fourth-order valence-electron chi connectivity index (χ4n) is 2.58. The van der Waals surface area contributed by atoms with Gasteiger partial charge in [-0.05, 0) is 48.6 Å². The zero-order valence-electron chi connectivity index (χ0n) is 12.9. The Morgan fingerprint density at radius 3 is 2.24 bits per heavy atom. The number of hydrogen-bond acceptors (Lipinski definition) is 2. The van der Waals surface area contributed by atoms with E-state index >= 15 is 0 Å². The third-order valence-electron chi connectivity index (χ3n) is 3.62. The summed E-state index contributed by atoms with van der Waals surface area (Å²) in [4.78, 5) is 0. The highest BCUT2D eigenvalue weighted by Gasteiger charge is 2.12. The first-order chi connectivity index (χ1) is 10.1. The monoisotopic (exact) mass is 283 g/mol. The minimum atomic E-state index is 0.350. The standard InChI is InChI=1S/C19H25NO/c1-15(2)20-14-18(11-16-7-4-3-5-8-16)12-17-9-6-10-19(21)13-17/h3-10,13,15,18,20-21H,11-12,14H2,1-2H3. The van der Waals surface area contributed by atoms with Crippen molar-refractivity contribution in [3.63, 3.8) is 0 Å². The molecule has 0 fully saturated rings. The van der Waals surface area contributed by atoms with Crippen LogP contribution in [-0.2, 0) is 12.8 Å². The van der Waals surface area contributed by atoms with Crippen LogP contribution in [0, 0.1) is 5.92 Å². The van der Waals surface area contributed by atoms with E-state index in [-0.39, 0.29) is 0 Å². The summed E-state index contributed by atoms with van der Waals surface area (Å²) >= 11 is 0. The van der Waals surface area contributed by atoms with E-state index in [1.165, 1.54) is 11.1 Å². The van der Waals surface area contributed by atoms with E-state index in [0.717, 1.165) is 19.4 Å². The van der Waals surface area contributed by atoms with Crippen molar-refractivity contribution in [2.24, 2.45) is 5.92 Å². The number of phenols is 1. The molecule has 0 aliphatic carbocycles. The number of phenolic OH excluding ortho intramolecular Hbond substituents is 1. The van der Waals surface area contributed by atoms with Gasteiger partial charge in [-0.1, -0.05) is 56.3 Å². The molecule has 0 saturated carbocycles. The molecular formula is C19H25NO. The fraction of sp³-hybridized carbons (Fsp3) is 0.368. The molecule has 0 saturated heterocycles. The Balaban J connectivity index is 2.04. The van der Waals surface area contributed by atoms with Crippen LogP contribution in [0.2, 0.25) is 0 Å². The van der Waals surface area contributed by atoms with Crippen molar-refractivity contribution in [1.82, 2.24) is 5.32 Å². The second kappa shape index (κ2) is 7.84. The number of hydrogen-bond donors (Lipinski definition) is 2. The first-order valence-corrected chi connectivity index (χ1v) is 7.68. The molecule has 0 aliphatic heterocycles. The van der Waals surface area contributed by atoms with Crippen LogP contribution < -0.4 is 5.32 Å². The summed E-state index contributed by atoms with van der Waals surface area (Å²) in [6, 6.07) is 18.7. The van der Waals surface area contributed by atoms with Gasteiger partial charge in [-0.25, -0.2) is 0 Å². The van der Waals surface area contributed by atoms with Gasteiger partial charge >= 0.3 is 0 Å². The first kappa shape index (κ1) is 15.6. The summed E-state index contributed by atoms with van der Waals surface area (Å²) in [7, 11) is 0. The zero-order chi connectivity index (χ0) is 15.1. The molecular weight excluding hydrogens is 258 g/mol. The van der Waals surface area contributed by atoms with Crippen LogP contribution in [0.15, 0.2) is 54.6 Å². The van der Waals surface area contributed by atoms with Gasteiger partial charge in [0.1, 0.15) is 5.75 Å². The number of aromatic hydroxyl groups is 1. The van der Waals surface area contributed by atoms with E-state index in [1.54, 1.807) is 6.07 Å². The van der Waals surface area contributed by atoms with Crippen LogP contribution in [-0.4, -0.2) is 17.7 Å². The SMILES string of the molecule is CC(C)NCC(Cc1ccccc1)Cc1cccc(O)c1. The molecule has 1 unspecified atom stereocenters. The van der Waals surface area contributed by atoms with Crippen molar-refractivity contribution in [1.29, 1.82) is 0 Å². The van der Waals surface area contributed by atoms with Gasteiger partial charge < -0.3 is 10.4 Å². The Labute approximate surface area is 127 Å². The van der Waals surface area contributed by atoms with Gasteiger partial charge in [-0.15, -0.1) is 0 Å². The van der Waals surface area contributed by atoms with E-state index in [4.69, 9.17) is 0 Å². The lowest BCUT2D eigenvalue weighted by Crippen LogP contribution is -2.31. The quantitative estimate of drug-likeness (QED) is 0.810. The van der Waals surface area contributed by atoms with Crippen LogP contribution in [0.1, 0.15) is 25.0 Å². The van der Waals surface area contributed by atoms with E-state index in [2.05, 4.69) is 55.6 Å². The Kier molecular flexibility index (Phi) is 5.82. The van der Waals surface area contributed by atoms with Gasteiger partial charge in [0.25, 0.3) is 0 Å². The van der Waals surface area contributed by atoms with E-state index in [9.17, 15) is 5.11 Å². The second-order valence-corrected chi connectivity index (χ2v) is 5.99. The van der Waals surface area contributed by atoms with Crippen molar-refractivity contribution in [2.75, 3.05) is 6.54 Å². The maximum atomic E-state index is 9.62. The van der Waals surface area contributed by atoms with Crippen LogP contribution in [0.4, 0.5) is 0 Å². The molecule has 21 heavy (non-hydrogen) atoms. The van der Waals surface area contributed by atoms with Gasteiger partial charge in [-0.2, -0.15) is 0 Å². The van der Waals surface area contributed by atoms with Crippen molar-refractivity contribution in [2.45, 2.75) is 32.7 Å². The van der Waals surface area contributed by atoms with Gasteiger partial charge in [0.15, 0.2) is 0 Å². The molecule has 112 valence electrons. The lowest BCUT2D eigenvalue weighted by Gasteiger charge is -2.20. The smallest absolute Gasteiger partial charge is 0.115 e. The topological polar surface area (TPSA) is 32.3 Å². The molecule has 2 heteroatoms. The van der Waals surface area contributed by atoms with Crippen LogP contribution in [0.3, 0.4) is 0 Å². The predicted octanol–water partition coefficient (Wildman–Crippen LogP) is 3.79. The fourth-order valence-corrected chi connectivity index (χ4v) is 2.58. The molecule has 0 aliphatic rings. The summed E-state index contributed by atoms with van der Waals surface area (Å²) in [6.07, 6.45) is 2.03. The highest BCUT2D eigenvalue weighted by atomic mass is 16.3. The van der Waals surface area contributed by atoms with Crippen molar-refractivity contribution in [3.05, 3.63) is 65.7 Å². The third kappa shape index (κ3) is 5.60. The first-order valence-electron chi connectivity index (χ1n) is 7.68. The average Bonchev–Trinajstić information content (AvgIpc) is 2.46. The van der Waals surface area contributed by atoms with Crippen molar-refractivity contribution < 1.29 is 5.11 Å². The number of nitrogens with one attached hydrogen (secondary N) is 1.